The van der Waals surface area contributed by atoms with Crippen LogP contribution in [0.1, 0.15) is 15.9 Å². The molecule has 68 valence electrons. The molecule has 0 atom stereocenters. The zero-order valence-corrected chi connectivity index (χ0v) is 7.56. The quantitative estimate of drug-likeness (QED) is 0.724. The molecule has 3 nitrogen and oxygen atoms in total. The van der Waals surface area contributed by atoms with E-state index in [1.54, 1.807) is 12.1 Å². The molecule has 2 N–H and O–H groups in total. The predicted octanol–water partition coefficient (Wildman–Crippen LogP) is 2.01. The smallest absolute Gasteiger partial charge is 0.337 e. The topological polar surface area (TPSA) is 49.3 Å². The molecule has 1 aliphatic heterocycles. The van der Waals surface area contributed by atoms with Crippen molar-refractivity contribution in [3.63, 3.8) is 0 Å². The van der Waals surface area contributed by atoms with Gasteiger partial charge < -0.3 is 10.4 Å². The van der Waals surface area contributed by atoms with Gasteiger partial charge in [0.05, 0.1) is 10.6 Å². The number of hydrogen-bond donors (Lipinski definition) is 2. The molecule has 0 radical (unpaired) electrons. The highest BCUT2D eigenvalue weighted by Gasteiger charge is 2.16. The molecular formula is C9H8ClNO2. The van der Waals surface area contributed by atoms with E-state index in [1.165, 1.54) is 0 Å². The summed E-state index contributed by atoms with van der Waals surface area (Å²) in [6, 6.07) is 3.31. The molecule has 1 aromatic carbocycles. The first-order valence-electron chi connectivity index (χ1n) is 3.98. The summed E-state index contributed by atoms with van der Waals surface area (Å²) in [5, 5.41) is 12.2. The third kappa shape index (κ3) is 1.35. The van der Waals surface area contributed by atoms with Crippen LogP contribution in [-0.2, 0) is 6.42 Å². The van der Waals surface area contributed by atoms with Crippen molar-refractivity contribution in [3.8, 4) is 0 Å². The predicted molar refractivity (Wildman–Crippen MR) is 50.6 cm³/mol. The number of fused-ring (bicyclic) bond motifs is 1. The number of nitrogens with one attached hydrogen (secondary N) is 1. The number of anilines is 1. The maximum atomic E-state index is 10.7. The maximum absolute atomic E-state index is 10.7. The monoisotopic (exact) mass is 197 g/mol. The summed E-state index contributed by atoms with van der Waals surface area (Å²) in [6.07, 6.45) is 0.912. The largest absolute Gasteiger partial charge is 0.478 e. The number of aromatic carboxylic acids is 1. The Morgan fingerprint density at radius 1 is 1.54 bits per heavy atom. The van der Waals surface area contributed by atoms with Gasteiger partial charge in [0.25, 0.3) is 0 Å². The summed E-state index contributed by atoms with van der Waals surface area (Å²) in [4.78, 5) is 10.7. The maximum Gasteiger partial charge on any atom is 0.337 e. The molecule has 1 aromatic rings. The second kappa shape index (κ2) is 2.92. The number of hydrogen-bond acceptors (Lipinski definition) is 2. The van der Waals surface area contributed by atoms with Crippen LogP contribution < -0.4 is 5.32 Å². The molecule has 13 heavy (non-hydrogen) atoms. The number of carboxylic acid groups (broad SMARTS) is 1. The molecule has 0 saturated carbocycles. The molecule has 0 aromatic heterocycles. The zero-order valence-electron chi connectivity index (χ0n) is 6.80. The Bertz CT molecular complexity index is 376. The van der Waals surface area contributed by atoms with Crippen LogP contribution in [-0.4, -0.2) is 17.6 Å². The number of carboxylic acids is 1. The Labute approximate surface area is 80.3 Å². The molecule has 0 amide bonds. The SMILES string of the molecule is O=C(O)c1cc2c(cc1Cl)CCN2. The minimum atomic E-state index is -0.985. The molecule has 1 aliphatic rings. The van der Waals surface area contributed by atoms with E-state index in [-0.39, 0.29) is 5.56 Å². The van der Waals surface area contributed by atoms with Crippen molar-refractivity contribution in [1.82, 2.24) is 0 Å². The van der Waals surface area contributed by atoms with E-state index in [2.05, 4.69) is 5.32 Å². The average molecular weight is 198 g/mol. The van der Waals surface area contributed by atoms with E-state index in [9.17, 15) is 4.79 Å². The normalized spacial score (nSPS) is 13.6. The van der Waals surface area contributed by atoms with Gasteiger partial charge in [-0.3, -0.25) is 0 Å². The van der Waals surface area contributed by atoms with Gasteiger partial charge in [-0.2, -0.15) is 0 Å². The number of benzene rings is 1. The minimum absolute atomic E-state index is 0.162. The van der Waals surface area contributed by atoms with Crippen molar-refractivity contribution in [1.29, 1.82) is 0 Å². The summed E-state index contributed by atoms with van der Waals surface area (Å²) in [5.74, 6) is -0.985. The van der Waals surface area contributed by atoms with Crippen LogP contribution in [0.25, 0.3) is 0 Å². The Morgan fingerprint density at radius 3 is 3.00 bits per heavy atom. The molecule has 0 aliphatic carbocycles. The zero-order chi connectivity index (χ0) is 9.42. The summed E-state index contributed by atoms with van der Waals surface area (Å²) in [7, 11) is 0. The van der Waals surface area contributed by atoms with E-state index >= 15 is 0 Å². The first kappa shape index (κ1) is 8.38. The number of carbonyl (C=O) groups is 1. The molecule has 4 heteroatoms. The fourth-order valence-corrected chi connectivity index (χ4v) is 1.75. The summed E-state index contributed by atoms with van der Waals surface area (Å²) >= 11 is 5.79. The lowest BCUT2D eigenvalue weighted by molar-refractivity contribution is 0.0697. The molecule has 2 rings (SSSR count). The molecule has 0 bridgehead atoms. The molecule has 0 unspecified atom stereocenters. The Hall–Kier alpha value is -1.22. The molecule has 0 fully saturated rings. The highest BCUT2D eigenvalue weighted by Crippen LogP contribution is 2.28. The van der Waals surface area contributed by atoms with E-state index < -0.39 is 5.97 Å². The van der Waals surface area contributed by atoms with Gasteiger partial charge >= 0.3 is 5.97 Å². The molecule has 1 heterocycles. The average Bonchev–Trinajstić information content (AvgIpc) is 2.48. The number of rotatable bonds is 1. The van der Waals surface area contributed by atoms with Crippen LogP contribution in [0.3, 0.4) is 0 Å². The van der Waals surface area contributed by atoms with Crippen LogP contribution in [0.5, 0.6) is 0 Å². The second-order valence-electron chi connectivity index (χ2n) is 2.97. The summed E-state index contributed by atoms with van der Waals surface area (Å²) < 4.78 is 0. The first-order valence-corrected chi connectivity index (χ1v) is 4.36. The van der Waals surface area contributed by atoms with Crippen LogP contribution in [0.15, 0.2) is 12.1 Å². The Morgan fingerprint density at radius 2 is 2.31 bits per heavy atom. The third-order valence-electron chi connectivity index (χ3n) is 2.13. The van der Waals surface area contributed by atoms with Crippen LogP contribution >= 0.6 is 11.6 Å². The van der Waals surface area contributed by atoms with Crippen molar-refractivity contribution < 1.29 is 9.90 Å². The Kier molecular flexibility index (Phi) is 1.88. The van der Waals surface area contributed by atoms with Gasteiger partial charge in [-0.15, -0.1) is 0 Å². The van der Waals surface area contributed by atoms with Gasteiger partial charge in [0.15, 0.2) is 0 Å². The van der Waals surface area contributed by atoms with Crippen molar-refractivity contribution in [2.45, 2.75) is 6.42 Å². The van der Waals surface area contributed by atoms with Crippen molar-refractivity contribution in [2.24, 2.45) is 0 Å². The lowest BCUT2D eigenvalue weighted by atomic mass is 10.1. The van der Waals surface area contributed by atoms with E-state index in [0.717, 1.165) is 24.2 Å². The van der Waals surface area contributed by atoms with Gasteiger partial charge in [0.1, 0.15) is 0 Å². The molecule has 0 spiro atoms. The fraction of sp³-hybridized carbons (Fsp3) is 0.222. The van der Waals surface area contributed by atoms with Gasteiger partial charge in [-0.1, -0.05) is 11.6 Å². The van der Waals surface area contributed by atoms with Crippen LogP contribution in [0.4, 0.5) is 5.69 Å². The van der Waals surface area contributed by atoms with E-state index in [4.69, 9.17) is 16.7 Å². The van der Waals surface area contributed by atoms with Crippen molar-refractivity contribution >= 4 is 23.3 Å². The van der Waals surface area contributed by atoms with Crippen LogP contribution in [0, 0.1) is 0 Å². The molecule has 0 saturated heterocycles. The van der Waals surface area contributed by atoms with Crippen molar-refractivity contribution in [3.05, 3.63) is 28.3 Å². The first-order chi connectivity index (χ1) is 6.18. The lowest BCUT2D eigenvalue weighted by Gasteiger charge is -2.03. The Balaban J connectivity index is 2.55. The van der Waals surface area contributed by atoms with Crippen LogP contribution in [0.2, 0.25) is 5.02 Å². The lowest BCUT2D eigenvalue weighted by Crippen LogP contribution is -1.99. The van der Waals surface area contributed by atoms with Gasteiger partial charge in [0.2, 0.25) is 0 Å². The highest BCUT2D eigenvalue weighted by atomic mass is 35.5. The highest BCUT2D eigenvalue weighted by molar-refractivity contribution is 6.33. The van der Waals surface area contributed by atoms with Gasteiger partial charge in [-0.25, -0.2) is 4.79 Å². The van der Waals surface area contributed by atoms with E-state index in [0.29, 0.717) is 5.02 Å². The third-order valence-corrected chi connectivity index (χ3v) is 2.45. The second-order valence-corrected chi connectivity index (χ2v) is 3.38. The van der Waals surface area contributed by atoms with Gasteiger partial charge in [0, 0.05) is 12.2 Å². The standard InChI is InChI=1S/C9H8ClNO2/c10-7-3-5-1-2-11-8(5)4-6(7)9(12)13/h3-4,11H,1-2H2,(H,12,13). The van der Waals surface area contributed by atoms with Crippen molar-refractivity contribution in [2.75, 3.05) is 11.9 Å². The summed E-state index contributed by atoms with van der Waals surface area (Å²) in [6.45, 7) is 0.856. The minimum Gasteiger partial charge on any atom is -0.478 e. The number of halogens is 1. The van der Waals surface area contributed by atoms with E-state index in [1.807, 2.05) is 0 Å². The van der Waals surface area contributed by atoms with Gasteiger partial charge in [-0.05, 0) is 24.1 Å². The molecular weight excluding hydrogens is 190 g/mol. The summed E-state index contributed by atoms with van der Waals surface area (Å²) in [5.41, 5.74) is 2.15. The fourth-order valence-electron chi connectivity index (χ4n) is 1.48.